The number of para-hydroxylation sites is 1. The van der Waals surface area contributed by atoms with E-state index in [-0.39, 0.29) is 5.91 Å². The molecular formula is C19H17N3O. The van der Waals surface area contributed by atoms with Crippen LogP contribution in [0.5, 0.6) is 0 Å². The van der Waals surface area contributed by atoms with Crippen LogP contribution in [0, 0.1) is 0 Å². The van der Waals surface area contributed by atoms with E-state index in [4.69, 9.17) is 0 Å². The molecule has 4 heteroatoms. The number of nitrogens with one attached hydrogen (secondary N) is 1. The Hall–Kier alpha value is -2.88. The van der Waals surface area contributed by atoms with Gasteiger partial charge in [0, 0.05) is 30.2 Å². The zero-order valence-corrected chi connectivity index (χ0v) is 12.7. The van der Waals surface area contributed by atoms with Gasteiger partial charge in [-0.05, 0) is 41.7 Å². The number of hydrogen-bond donors (Lipinski definition) is 1. The smallest absolute Gasteiger partial charge is 0.224 e. The van der Waals surface area contributed by atoms with E-state index in [0.29, 0.717) is 6.42 Å². The first-order chi connectivity index (χ1) is 11.3. The Balaban J connectivity index is 1.66. The normalized spacial score (nSPS) is 13.5. The Bertz CT molecular complexity index is 853. The molecule has 4 nitrogen and oxygen atoms in total. The topological polar surface area (TPSA) is 46.9 Å². The van der Waals surface area contributed by atoms with Crippen LogP contribution in [0.2, 0.25) is 0 Å². The van der Waals surface area contributed by atoms with Gasteiger partial charge in [-0.25, -0.2) is 4.98 Å². The van der Waals surface area contributed by atoms with Crippen LogP contribution in [0.15, 0.2) is 61.2 Å². The number of carbonyl (C=O) groups excluding carboxylic acids is 1. The summed E-state index contributed by atoms with van der Waals surface area (Å²) >= 11 is 0. The fourth-order valence-electron chi connectivity index (χ4n) is 3.08. The second kappa shape index (κ2) is 5.72. The molecule has 1 aromatic heterocycles. The minimum absolute atomic E-state index is 0.107. The van der Waals surface area contributed by atoms with E-state index in [1.54, 1.807) is 6.20 Å². The van der Waals surface area contributed by atoms with Crippen molar-refractivity contribution in [2.75, 3.05) is 5.32 Å². The van der Waals surface area contributed by atoms with E-state index in [2.05, 4.69) is 40.6 Å². The van der Waals surface area contributed by atoms with Crippen LogP contribution in [-0.4, -0.2) is 15.5 Å². The Kier molecular flexibility index (Phi) is 3.42. The lowest BCUT2D eigenvalue weighted by atomic mass is 9.96. The highest BCUT2D eigenvalue weighted by molar-refractivity contribution is 5.93. The van der Waals surface area contributed by atoms with Gasteiger partial charge in [-0.2, -0.15) is 0 Å². The number of imidazole rings is 1. The van der Waals surface area contributed by atoms with E-state index in [1.165, 1.54) is 16.7 Å². The highest BCUT2D eigenvalue weighted by Gasteiger charge is 2.15. The molecule has 1 amide bonds. The number of amides is 1. The second-order valence-corrected chi connectivity index (χ2v) is 5.82. The predicted molar refractivity (Wildman–Crippen MR) is 89.8 cm³/mol. The molecule has 0 saturated carbocycles. The van der Waals surface area contributed by atoms with Crippen LogP contribution < -0.4 is 5.32 Å². The third-order valence-electron chi connectivity index (χ3n) is 4.23. The van der Waals surface area contributed by atoms with Crippen molar-refractivity contribution in [2.24, 2.45) is 0 Å². The summed E-state index contributed by atoms with van der Waals surface area (Å²) in [6.45, 7) is 0. The summed E-state index contributed by atoms with van der Waals surface area (Å²) in [5.74, 6) is 0.107. The van der Waals surface area contributed by atoms with Gasteiger partial charge in [0.25, 0.3) is 0 Å². The molecule has 0 spiro atoms. The van der Waals surface area contributed by atoms with Gasteiger partial charge in [0.2, 0.25) is 5.91 Å². The lowest BCUT2D eigenvalue weighted by Crippen LogP contribution is -2.19. The summed E-state index contributed by atoms with van der Waals surface area (Å²) in [7, 11) is 0. The van der Waals surface area contributed by atoms with E-state index in [1.807, 2.05) is 29.2 Å². The van der Waals surface area contributed by atoms with Crippen LogP contribution in [0.25, 0.3) is 5.69 Å². The molecule has 114 valence electrons. The molecule has 4 rings (SSSR count). The quantitative estimate of drug-likeness (QED) is 0.806. The second-order valence-electron chi connectivity index (χ2n) is 5.82. The van der Waals surface area contributed by atoms with Gasteiger partial charge in [-0.3, -0.25) is 4.79 Å². The maximum absolute atomic E-state index is 11.5. The zero-order valence-electron chi connectivity index (χ0n) is 12.7. The molecular weight excluding hydrogens is 286 g/mol. The molecule has 1 N–H and O–H groups in total. The molecule has 2 heterocycles. The molecule has 0 fully saturated rings. The molecule has 2 aromatic carbocycles. The SMILES string of the molecule is O=C1CCc2cc(Cc3ccccc3-n3ccnc3)ccc2N1. The fourth-order valence-corrected chi connectivity index (χ4v) is 3.08. The van der Waals surface area contributed by atoms with Crippen molar-refractivity contribution in [3.8, 4) is 5.69 Å². The molecule has 0 unspecified atom stereocenters. The molecule has 3 aromatic rings. The Labute approximate surface area is 134 Å². The highest BCUT2D eigenvalue weighted by Crippen LogP contribution is 2.26. The number of fused-ring (bicyclic) bond motifs is 1. The average Bonchev–Trinajstić information content (AvgIpc) is 3.10. The summed E-state index contributed by atoms with van der Waals surface area (Å²) in [5.41, 5.74) is 5.84. The molecule has 0 radical (unpaired) electrons. The predicted octanol–water partition coefficient (Wildman–Crippen LogP) is 3.35. The summed E-state index contributed by atoms with van der Waals surface area (Å²) in [6.07, 6.45) is 7.82. The van der Waals surface area contributed by atoms with Crippen molar-refractivity contribution < 1.29 is 4.79 Å². The van der Waals surface area contributed by atoms with Crippen LogP contribution >= 0.6 is 0 Å². The number of carbonyl (C=O) groups is 1. The minimum atomic E-state index is 0.107. The van der Waals surface area contributed by atoms with Gasteiger partial charge in [0.05, 0.1) is 6.33 Å². The molecule has 1 aliphatic rings. The van der Waals surface area contributed by atoms with Crippen molar-refractivity contribution >= 4 is 11.6 Å². The average molecular weight is 303 g/mol. The molecule has 1 aliphatic heterocycles. The van der Waals surface area contributed by atoms with Crippen molar-refractivity contribution in [2.45, 2.75) is 19.3 Å². The summed E-state index contributed by atoms with van der Waals surface area (Å²) in [6, 6.07) is 14.7. The molecule has 0 bridgehead atoms. The minimum Gasteiger partial charge on any atom is -0.326 e. The summed E-state index contributed by atoms with van der Waals surface area (Å²) < 4.78 is 2.04. The number of rotatable bonds is 3. The fraction of sp³-hybridized carbons (Fsp3) is 0.158. The van der Waals surface area contributed by atoms with Crippen LogP contribution in [0.3, 0.4) is 0 Å². The first-order valence-electron chi connectivity index (χ1n) is 7.77. The Morgan fingerprint density at radius 1 is 1.13 bits per heavy atom. The van der Waals surface area contributed by atoms with Crippen molar-refractivity contribution in [1.29, 1.82) is 0 Å². The van der Waals surface area contributed by atoms with Crippen LogP contribution in [-0.2, 0) is 17.6 Å². The number of anilines is 1. The largest absolute Gasteiger partial charge is 0.326 e. The van der Waals surface area contributed by atoms with E-state index < -0.39 is 0 Å². The van der Waals surface area contributed by atoms with Crippen molar-refractivity contribution in [1.82, 2.24) is 9.55 Å². The Morgan fingerprint density at radius 2 is 2.04 bits per heavy atom. The van der Waals surface area contributed by atoms with E-state index >= 15 is 0 Å². The number of nitrogens with zero attached hydrogens (tertiary/aromatic N) is 2. The number of aryl methyl sites for hydroxylation is 1. The molecule has 0 atom stereocenters. The number of hydrogen-bond acceptors (Lipinski definition) is 2. The van der Waals surface area contributed by atoms with Gasteiger partial charge in [-0.15, -0.1) is 0 Å². The highest BCUT2D eigenvalue weighted by atomic mass is 16.1. The summed E-state index contributed by atoms with van der Waals surface area (Å²) in [5, 5.41) is 2.93. The number of aromatic nitrogens is 2. The van der Waals surface area contributed by atoms with Gasteiger partial charge >= 0.3 is 0 Å². The van der Waals surface area contributed by atoms with Gasteiger partial charge in [-0.1, -0.05) is 30.3 Å². The van der Waals surface area contributed by atoms with Crippen molar-refractivity contribution in [3.05, 3.63) is 77.9 Å². The molecule has 0 saturated heterocycles. The third-order valence-corrected chi connectivity index (χ3v) is 4.23. The van der Waals surface area contributed by atoms with Gasteiger partial charge in [0.1, 0.15) is 0 Å². The molecule has 0 aliphatic carbocycles. The zero-order chi connectivity index (χ0) is 15.6. The maximum atomic E-state index is 11.5. The first-order valence-corrected chi connectivity index (χ1v) is 7.77. The number of benzene rings is 2. The Morgan fingerprint density at radius 3 is 2.91 bits per heavy atom. The molecule has 23 heavy (non-hydrogen) atoms. The van der Waals surface area contributed by atoms with Crippen LogP contribution in [0.4, 0.5) is 5.69 Å². The lowest BCUT2D eigenvalue weighted by molar-refractivity contribution is -0.116. The summed E-state index contributed by atoms with van der Waals surface area (Å²) in [4.78, 5) is 15.6. The van der Waals surface area contributed by atoms with E-state index in [9.17, 15) is 4.79 Å². The standard InChI is InChI=1S/C19H17N3O/c23-19-8-6-15-11-14(5-7-17(15)21-19)12-16-3-1-2-4-18(16)22-10-9-20-13-22/h1-5,7,9-11,13H,6,8,12H2,(H,21,23). The van der Waals surface area contributed by atoms with Crippen LogP contribution in [0.1, 0.15) is 23.1 Å². The third kappa shape index (κ3) is 2.75. The van der Waals surface area contributed by atoms with Gasteiger partial charge < -0.3 is 9.88 Å². The maximum Gasteiger partial charge on any atom is 0.224 e. The van der Waals surface area contributed by atoms with Gasteiger partial charge in [0.15, 0.2) is 0 Å². The van der Waals surface area contributed by atoms with E-state index in [0.717, 1.165) is 24.2 Å². The first kappa shape index (κ1) is 13.8. The van der Waals surface area contributed by atoms with Crippen molar-refractivity contribution in [3.63, 3.8) is 0 Å². The lowest BCUT2D eigenvalue weighted by Gasteiger charge is -2.18. The monoisotopic (exact) mass is 303 g/mol.